The Kier molecular flexibility index (Phi) is 4.61. The van der Waals surface area contributed by atoms with Crippen molar-refractivity contribution in [2.45, 2.75) is 43.5 Å². The summed E-state index contributed by atoms with van der Waals surface area (Å²) < 4.78 is 19.2. The molecule has 2 aromatic rings. The average Bonchev–Trinajstić information content (AvgIpc) is 2.75. The van der Waals surface area contributed by atoms with Crippen LogP contribution in [0.2, 0.25) is 0 Å². The maximum atomic E-state index is 13.9. The Balaban J connectivity index is 2.22. The summed E-state index contributed by atoms with van der Waals surface area (Å²) in [5, 5.41) is 3.76. The zero-order valence-electron chi connectivity index (χ0n) is 11.2. The Morgan fingerprint density at radius 2 is 2.21 bits per heavy atom. The predicted molar refractivity (Wildman–Crippen MR) is 73.7 cm³/mol. The number of hydrogen-bond acceptors (Lipinski definition) is 4. The monoisotopic (exact) mass is 280 g/mol. The van der Waals surface area contributed by atoms with E-state index in [0.717, 1.165) is 11.3 Å². The smallest absolute Gasteiger partial charge is 0.260 e. The minimum Gasteiger partial charge on any atom is -0.439 e. The first-order valence-corrected chi connectivity index (χ1v) is 6.98. The molecule has 0 amide bonds. The predicted octanol–water partition coefficient (Wildman–Crippen LogP) is 3.77. The van der Waals surface area contributed by atoms with E-state index in [2.05, 4.69) is 24.1 Å². The second-order valence-corrected chi connectivity index (χ2v) is 5.58. The van der Waals surface area contributed by atoms with Gasteiger partial charge in [-0.2, -0.15) is 0 Å². The summed E-state index contributed by atoms with van der Waals surface area (Å²) in [4.78, 5) is 4.76. The van der Waals surface area contributed by atoms with Crippen LogP contribution < -0.4 is 5.32 Å². The van der Waals surface area contributed by atoms with Crippen LogP contribution >= 0.6 is 11.8 Å². The fourth-order valence-electron chi connectivity index (χ4n) is 1.59. The van der Waals surface area contributed by atoms with Crippen molar-refractivity contribution in [3.8, 4) is 0 Å². The zero-order chi connectivity index (χ0) is 13.8. The average molecular weight is 280 g/mol. The van der Waals surface area contributed by atoms with Crippen molar-refractivity contribution in [2.24, 2.45) is 0 Å². The molecular weight excluding hydrogens is 263 g/mol. The SMILES string of the molecule is Cc1coc(Sc2c(F)cccc2CNC(C)C)n1. The number of nitrogens with one attached hydrogen (secondary N) is 1. The molecule has 1 heterocycles. The van der Waals surface area contributed by atoms with Gasteiger partial charge in [-0.25, -0.2) is 9.37 Å². The van der Waals surface area contributed by atoms with Crippen molar-refractivity contribution in [2.75, 3.05) is 0 Å². The molecule has 0 bridgehead atoms. The Labute approximate surface area is 116 Å². The third kappa shape index (κ3) is 3.81. The van der Waals surface area contributed by atoms with E-state index in [4.69, 9.17) is 4.42 Å². The normalized spacial score (nSPS) is 11.2. The molecule has 0 spiro atoms. The highest BCUT2D eigenvalue weighted by Crippen LogP contribution is 2.32. The number of aromatic nitrogens is 1. The van der Waals surface area contributed by atoms with Crippen LogP contribution in [0.25, 0.3) is 0 Å². The summed E-state index contributed by atoms with van der Waals surface area (Å²) in [6, 6.07) is 5.44. The van der Waals surface area contributed by atoms with E-state index >= 15 is 0 Å². The van der Waals surface area contributed by atoms with Crippen molar-refractivity contribution in [3.63, 3.8) is 0 Å². The molecule has 0 aliphatic carbocycles. The quantitative estimate of drug-likeness (QED) is 0.904. The zero-order valence-corrected chi connectivity index (χ0v) is 12.1. The summed E-state index contributed by atoms with van der Waals surface area (Å²) in [6.07, 6.45) is 1.56. The van der Waals surface area contributed by atoms with Crippen molar-refractivity contribution in [1.82, 2.24) is 10.3 Å². The molecule has 102 valence electrons. The number of benzene rings is 1. The topological polar surface area (TPSA) is 38.1 Å². The highest BCUT2D eigenvalue weighted by molar-refractivity contribution is 7.99. The van der Waals surface area contributed by atoms with Gasteiger partial charge in [0.25, 0.3) is 5.22 Å². The summed E-state index contributed by atoms with van der Waals surface area (Å²) in [7, 11) is 0. The highest BCUT2D eigenvalue weighted by atomic mass is 32.2. The van der Waals surface area contributed by atoms with Crippen molar-refractivity contribution in [1.29, 1.82) is 0 Å². The largest absolute Gasteiger partial charge is 0.439 e. The minimum atomic E-state index is -0.246. The van der Waals surface area contributed by atoms with Gasteiger partial charge in [0.1, 0.15) is 12.1 Å². The molecular formula is C14H17FN2OS. The lowest BCUT2D eigenvalue weighted by molar-refractivity contribution is 0.453. The Hall–Kier alpha value is -1.33. The first-order valence-electron chi connectivity index (χ1n) is 6.17. The van der Waals surface area contributed by atoms with Gasteiger partial charge >= 0.3 is 0 Å². The van der Waals surface area contributed by atoms with E-state index < -0.39 is 0 Å². The number of halogens is 1. The number of oxazole rings is 1. The molecule has 0 aliphatic heterocycles. The van der Waals surface area contributed by atoms with Crippen LogP contribution in [-0.4, -0.2) is 11.0 Å². The number of hydrogen-bond donors (Lipinski definition) is 1. The lowest BCUT2D eigenvalue weighted by atomic mass is 10.2. The third-order valence-electron chi connectivity index (χ3n) is 2.54. The van der Waals surface area contributed by atoms with E-state index in [1.54, 1.807) is 12.3 Å². The van der Waals surface area contributed by atoms with Gasteiger partial charge < -0.3 is 9.73 Å². The maximum absolute atomic E-state index is 13.9. The molecule has 1 aromatic heterocycles. The van der Waals surface area contributed by atoms with Crippen molar-refractivity contribution in [3.05, 3.63) is 41.5 Å². The van der Waals surface area contributed by atoms with Gasteiger partial charge in [-0.1, -0.05) is 26.0 Å². The van der Waals surface area contributed by atoms with E-state index in [1.807, 2.05) is 13.0 Å². The van der Waals surface area contributed by atoms with Gasteiger partial charge in [-0.15, -0.1) is 0 Å². The number of nitrogens with zero attached hydrogens (tertiary/aromatic N) is 1. The van der Waals surface area contributed by atoms with Gasteiger partial charge in [0.2, 0.25) is 0 Å². The van der Waals surface area contributed by atoms with E-state index in [1.165, 1.54) is 17.8 Å². The molecule has 0 radical (unpaired) electrons. The van der Waals surface area contributed by atoms with Gasteiger partial charge in [-0.3, -0.25) is 0 Å². The minimum absolute atomic E-state index is 0.246. The molecule has 3 nitrogen and oxygen atoms in total. The van der Waals surface area contributed by atoms with Crippen LogP contribution in [0.5, 0.6) is 0 Å². The lowest BCUT2D eigenvalue weighted by Crippen LogP contribution is -2.22. The van der Waals surface area contributed by atoms with Crippen LogP contribution in [0.3, 0.4) is 0 Å². The second-order valence-electron chi connectivity index (χ2n) is 4.62. The van der Waals surface area contributed by atoms with E-state index in [0.29, 0.717) is 22.7 Å². The first-order chi connectivity index (χ1) is 9.06. The van der Waals surface area contributed by atoms with Crippen molar-refractivity contribution < 1.29 is 8.81 Å². The molecule has 0 fully saturated rings. The van der Waals surface area contributed by atoms with Gasteiger partial charge in [-0.05, 0) is 30.3 Å². The first kappa shape index (κ1) is 14.1. The number of rotatable bonds is 5. The maximum Gasteiger partial charge on any atom is 0.260 e. The Morgan fingerprint density at radius 3 is 2.84 bits per heavy atom. The fraction of sp³-hybridized carbons (Fsp3) is 0.357. The Morgan fingerprint density at radius 1 is 1.42 bits per heavy atom. The highest BCUT2D eigenvalue weighted by Gasteiger charge is 2.13. The molecule has 0 saturated heterocycles. The van der Waals surface area contributed by atoms with Crippen LogP contribution in [-0.2, 0) is 6.54 Å². The molecule has 1 aromatic carbocycles. The molecule has 0 aliphatic rings. The van der Waals surface area contributed by atoms with E-state index in [9.17, 15) is 4.39 Å². The molecule has 1 N–H and O–H groups in total. The summed E-state index contributed by atoms with van der Waals surface area (Å²) in [5.41, 5.74) is 1.70. The third-order valence-corrected chi connectivity index (χ3v) is 3.56. The summed E-state index contributed by atoms with van der Waals surface area (Å²) >= 11 is 1.22. The Bertz CT molecular complexity index is 554. The van der Waals surface area contributed by atoms with Crippen molar-refractivity contribution >= 4 is 11.8 Å². The van der Waals surface area contributed by atoms with Crippen LogP contribution in [0.1, 0.15) is 25.1 Å². The molecule has 0 unspecified atom stereocenters. The molecule has 2 rings (SSSR count). The second kappa shape index (κ2) is 6.21. The van der Waals surface area contributed by atoms with Crippen LogP contribution in [0, 0.1) is 12.7 Å². The van der Waals surface area contributed by atoms with Gasteiger partial charge in [0.15, 0.2) is 0 Å². The van der Waals surface area contributed by atoms with Gasteiger partial charge in [0.05, 0.1) is 10.6 Å². The van der Waals surface area contributed by atoms with Crippen LogP contribution in [0.4, 0.5) is 4.39 Å². The lowest BCUT2D eigenvalue weighted by Gasteiger charge is -2.11. The fourth-order valence-corrected chi connectivity index (χ4v) is 2.48. The standard InChI is InChI=1S/C14H17FN2OS/c1-9(2)16-7-11-5-4-6-12(15)13(11)19-14-17-10(3)8-18-14/h4-6,8-9,16H,7H2,1-3H3. The summed E-state index contributed by atoms with van der Waals surface area (Å²) in [5.74, 6) is -0.246. The summed E-state index contributed by atoms with van der Waals surface area (Å²) in [6.45, 7) is 6.58. The molecule has 0 saturated carbocycles. The van der Waals surface area contributed by atoms with E-state index in [-0.39, 0.29) is 5.82 Å². The molecule has 0 atom stereocenters. The molecule has 5 heteroatoms. The number of aryl methyl sites for hydroxylation is 1. The molecule has 19 heavy (non-hydrogen) atoms. The van der Waals surface area contributed by atoms with Gasteiger partial charge in [0, 0.05) is 12.6 Å². The van der Waals surface area contributed by atoms with Crippen LogP contribution in [0.15, 0.2) is 39.0 Å².